The zero-order valence-corrected chi connectivity index (χ0v) is 13.4. The van der Waals surface area contributed by atoms with E-state index in [9.17, 15) is 0 Å². The maximum Gasteiger partial charge on any atom is -0.00134 e. The minimum Gasteiger partial charge on any atom is -0.317 e. The van der Waals surface area contributed by atoms with E-state index in [1.807, 2.05) is 0 Å². The summed E-state index contributed by atoms with van der Waals surface area (Å²) in [7, 11) is 0. The summed E-state index contributed by atoms with van der Waals surface area (Å²) in [5.74, 6) is 1.89. The van der Waals surface area contributed by atoms with Crippen LogP contribution in [0.2, 0.25) is 0 Å². The molecule has 112 valence electrons. The molecular formula is C17H34N2. The van der Waals surface area contributed by atoms with Crippen LogP contribution < -0.4 is 5.32 Å². The van der Waals surface area contributed by atoms with Crippen molar-refractivity contribution in [3.05, 3.63) is 0 Å². The van der Waals surface area contributed by atoms with E-state index in [0.29, 0.717) is 0 Å². The Hall–Kier alpha value is -0.0800. The highest BCUT2D eigenvalue weighted by molar-refractivity contribution is 4.97. The summed E-state index contributed by atoms with van der Waals surface area (Å²) in [5.41, 5.74) is 0.769. The van der Waals surface area contributed by atoms with Crippen molar-refractivity contribution >= 4 is 0 Å². The molecule has 0 radical (unpaired) electrons. The SMILES string of the molecule is CCNCCC1CC2(CCN(CCC(C)C)CC2)C1. The second-order valence-electron chi connectivity index (χ2n) is 7.44. The van der Waals surface area contributed by atoms with Gasteiger partial charge >= 0.3 is 0 Å². The fraction of sp³-hybridized carbons (Fsp3) is 1.00. The van der Waals surface area contributed by atoms with Gasteiger partial charge in [0, 0.05) is 0 Å². The smallest absolute Gasteiger partial charge is 0.00134 e. The highest BCUT2D eigenvalue weighted by Gasteiger charge is 2.44. The molecular weight excluding hydrogens is 232 g/mol. The van der Waals surface area contributed by atoms with Crippen LogP contribution in [0, 0.1) is 17.3 Å². The molecule has 0 bridgehead atoms. The van der Waals surface area contributed by atoms with Crippen molar-refractivity contribution < 1.29 is 0 Å². The molecule has 2 rings (SSSR count). The van der Waals surface area contributed by atoms with Crippen molar-refractivity contribution in [2.45, 2.75) is 59.3 Å². The lowest BCUT2D eigenvalue weighted by atomic mass is 9.57. The molecule has 1 spiro atoms. The highest BCUT2D eigenvalue weighted by atomic mass is 15.1. The van der Waals surface area contributed by atoms with Crippen molar-refractivity contribution in [2.24, 2.45) is 17.3 Å². The molecule has 1 N–H and O–H groups in total. The fourth-order valence-corrected chi connectivity index (χ4v) is 3.95. The molecule has 1 saturated heterocycles. The Labute approximate surface area is 120 Å². The van der Waals surface area contributed by atoms with Crippen LogP contribution in [-0.2, 0) is 0 Å². The summed E-state index contributed by atoms with van der Waals surface area (Å²) in [6.07, 6.45) is 8.78. The van der Waals surface area contributed by atoms with Gasteiger partial charge in [-0.05, 0) is 88.5 Å². The van der Waals surface area contributed by atoms with Gasteiger partial charge in [0.05, 0.1) is 0 Å². The Morgan fingerprint density at radius 2 is 1.89 bits per heavy atom. The Bertz CT molecular complexity index is 246. The second kappa shape index (κ2) is 7.08. The zero-order chi connectivity index (χ0) is 13.7. The Kier molecular flexibility index (Phi) is 5.70. The molecule has 0 aromatic rings. The van der Waals surface area contributed by atoms with E-state index in [1.54, 1.807) is 0 Å². The Morgan fingerprint density at radius 1 is 1.21 bits per heavy atom. The summed E-state index contributed by atoms with van der Waals surface area (Å²) in [5, 5.41) is 3.46. The zero-order valence-electron chi connectivity index (χ0n) is 13.4. The van der Waals surface area contributed by atoms with Crippen LogP contribution in [0.1, 0.15) is 59.3 Å². The first-order valence-corrected chi connectivity index (χ1v) is 8.56. The van der Waals surface area contributed by atoms with E-state index < -0.39 is 0 Å². The number of rotatable bonds is 7. The molecule has 19 heavy (non-hydrogen) atoms. The topological polar surface area (TPSA) is 15.3 Å². The standard InChI is InChI=1S/C17H34N2/c1-4-18-9-5-16-13-17(14-16)7-11-19(12-8-17)10-6-15(2)3/h15-16,18H,4-14H2,1-3H3. The number of nitrogens with one attached hydrogen (secondary N) is 1. The highest BCUT2D eigenvalue weighted by Crippen LogP contribution is 2.53. The van der Waals surface area contributed by atoms with Gasteiger partial charge in [0.25, 0.3) is 0 Å². The average molecular weight is 266 g/mol. The summed E-state index contributed by atoms with van der Waals surface area (Å²) in [6, 6.07) is 0. The van der Waals surface area contributed by atoms with Gasteiger partial charge in [-0.1, -0.05) is 20.8 Å². The molecule has 2 fully saturated rings. The van der Waals surface area contributed by atoms with Crippen molar-refractivity contribution in [3.63, 3.8) is 0 Å². The third kappa shape index (κ3) is 4.46. The third-order valence-corrected chi connectivity index (χ3v) is 5.36. The number of hydrogen-bond acceptors (Lipinski definition) is 2. The van der Waals surface area contributed by atoms with E-state index in [0.717, 1.165) is 23.8 Å². The van der Waals surface area contributed by atoms with Crippen molar-refractivity contribution in [3.8, 4) is 0 Å². The molecule has 1 heterocycles. The first-order chi connectivity index (χ1) is 9.13. The summed E-state index contributed by atoms with van der Waals surface area (Å²) < 4.78 is 0. The van der Waals surface area contributed by atoms with Gasteiger partial charge in [0.15, 0.2) is 0 Å². The predicted molar refractivity (Wildman–Crippen MR) is 83.4 cm³/mol. The number of hydrogen-bond donors (Lipinski definition) is 1. The summed E-state index contributed by atoms with van der Waals surface area (Å²) >= 11 is 0. The lowest BCUT2D eigenvalue weighted by molar-refractivity contribution is -0.0165. The Balaban J connectivity index is 1.59. The molecule has 1 aliphatic carbocycles. The number of likely N-dealkylation sites (tertiary alicyclic amines) is 1. The second-order valence-corrected chi connectivity index (χ2v) is 7.44. The lowest BCUT2D eigenvalue weighted by Crippen LogP contribution is -2.47. The monoisotopic (exact) mass is 266 g/mol. The minimum absolute atomic E-state index is 0.769. The predicted octanol–water partition coefficient (Wildman–Crippen LogP) is 3.52. The number of nitrogens with zero attached hydrogens (tertiary/aromatic N) is 1. The van der Waals surface area contributed by atoms with E-state index in [-0.39, 0.29) is 0 Å². The first kappa shape index (κ1) is 15.3. The van der Waals surface area contributed by atoms with Crippen molar-refractivity contribution in [2.75, 3.05) is 32.7 Å². The minimum atomic E-state index is 0.769. The van der Waals surface area contributed by atoms with Crippen LogP contribution in [0.5, 0.6) is 0 Å². The van der Waals surface area contributed by atoms with Gasteiger partial charge in [-0.2, -0.15) is 0 Å². The van der Waals surface area contributed by atoms with Crippen LogP contribution in [0.3, 0.4) is 0 Å². The normalized spacial score (nSPS) is 24.0. The lowest BCUT2D eigenvalue weighted by Gasteiger charge is -2.52. The molecule has 0 amide bonds. The van der Waals surface area contributed by atoms with Crippen LogP contribution in [0.15, 0.2) is 0 Å². The maximum atomic E-state index is 3.46. The molecule has 2 heteroatoms. The number of piperidine rings is 1. The maximum absolute atomic E-state index is 3.46. The van der Waals surface area contributed by atoms with Gasteiger partial charge in [0.1, 0.15) is 0 Å². The van der Waals surface area contributed by atoms with Crippen molar-refractivity contribution in [1.29, 1.82) is 0 Å². The molecule has 0 atom stereocenters. The molecule has 2 aliphatic rings. The van der Waals surface area contributed by atoms with Crippen LogP contribution >= 0.6 is 0 Å². The molecule has 2 nitrogen and oxygen atoms in total. The van der Waals surface area contributed by atoms with E-state index in [1.165, 1.54) is 64.7 Å². The quantitative estimate of drug-likeness (QED) is 0.709. The van der Waals surface area contributed by atoms with Gasteiger partial charge in [-0.3, -0.25) is 0 Å². The van der Waals surface area contributed by atoms with E-state index >= 15 is 0 Å². The summed E-state index contributed by atoms with van der Waals surface area (Å²) in [4.78, 5) is 2.71. The largest absolute Gasteiger partial charge is 0.317 e. The molecule has 1 saturated carbocycles. The van der Waals surface area contributed by atoms with Gasteiger partial charge < -0.3 is 10.2 Å². The van der Waals surface area contributed by atoms with E-state index in [4.69, 9.17) is 0 Å². The molecule has 0 aromatic carbocycles. The van der Waals surface area contributed by atoms with Crippen molar-refractivity contribution in [1.82, 2.24) is 10.2 Å². The Morgan fingerprint density at radius 3 is 2.47 bits per heavy atom. The van der Waals surface area contributed by atoms with Gasteiger partial charge in [-0.25, -0.2) is 0 Å². The van der Waals surface area contributed by atoms with Crippen LogP contribution in [0.4, 0.5) is 0 Å². The first-order valence-electron chi connectivity index (χ1n) is 8.56. The van der Waals surface area contributed by atoms with E-state index in [2.05, 4.69) is 31.0 Å². The molecule has 0 aromatic heterocycles. The summed E-state index contributed by atoms with van der Waals surface area (Å²) in [6.45, 7) is 13.3. The fourth-order valence-electron chi connectivity index (χ4n) is 3.95. The molecule has 0 unspecified atom stereocenters. The third-order valence-electron chi connectivity index (χ3n) is 5.36. The average Bonchev–Trinajstić information content (AvgIpc) is 2.36. The molecule has 1 aliphatic heterocycles. The van der Waals surface area contributed by atoms with Crippen LogP contribution in [-0.4, -0.2) is 37.6 Å². The van der Waals surface area contributed by atoms with Gasteiger partial charge in [-0.15, -0.1) is 0 Å². The van der Waals surface area contributed by atoms with Gasteiger partial charge in [0.2, 0.25) is 0 Å². The van der Waals surface area contributed by atoms with Crippen LogP contribution in [0.25, 0.3) is 0 Å².